The van der Waals surface area contributed by atoms with Crippen LogP contribution in [0.2, 0.25) is 0 Å². The highest BCUT2D eigenvalue weighted by molar-refractivity contribution is 6.05. The van der Waals surface area contributed by atoms with E-state index in [4.69, 9.17) is 4.98 Å². The van der Waals surface area contributed by atoms with Crippen LogP contribution in [0.3, 0.4) is 0 Å². The molecule has 0 fully saturated rings. The normalized spacial score (nSPS) is 11.8. The molecule has 0 spiro atoms. The van der Waals surface area contributed by atoms with Crippen LogP contribution in [-0.4, -0.2) is 19.4 Å². The van der Waals surface area contributed by atoms with E-state index in [-0.39, 0.29) is 0 Å². The van der Waals surface area contributed by atoms with Crippen molar-refractivity contribution in [3.8, 4) is 0 Å². The molecular weight excluding hydrogens is 248 g/mol. The number of fused-ring (bicyclic) bond motifs is 5. The molecule has 0 saturated heterocycles. The molecule has 0 atom stereocenters. The van der Waals surface area contributed by atoms with E-state index in [1.807, 2.05) is 18.3 Å². The Labute approximate surface area is 116 Å². The Morgan fingerprint density at radius 1 is 1.20 bits per heavy atom. The van der Waals surface area contributed by atoms with Crippen molar-refractivity contribution in [3.05, 3.63) is 42.2 Å². The largest absolute Gasteiger partial charge is 0.339 e. The zero-order valence-corrected chi connectivity index (χ0v) is 11.4. The van der Waals surface area contributed by atoms with Crippen LogP contribution >= 0.6 is 0 Å². The van der Waals surface area contributed by atoms with Crippen molar-refractivity contribution < 1.29 is 0 Å². The molecule has 1 N–H and O–H groups in total. The molecule has 4 aromatic rings. The fourth-order valence-corrected chi connectivity index (χ4v) is 2.81. The van der Waals surface area contributed by atoms with Gasteiger partial charge in [-0.05, 0) is 25.0 Å². The number of rotatable bonds is 3. The maximum Gasteiger partial charge on any atom is 0.236 e. The lowest BCUT2D eigenvalue weighted by Crippen LogP contribution is -1.98. The van der Waals surface area contributed by atoms with Crippen molar-refractivity contribution in [2.45, 2.75) is 26.2 Å². The summed E-state index contributed by atoms with van der Waals surface area (Å²) < 4.78 is 2.16. The average molecular weight is 264 g/mol. The smallest absolute Gasteiger partial charge is 0.236 e. The molecule has 0 aliphatic heterocycles. The van der Waals surface area contributed by atoms with E-state index in [2.05, 4.69) is 39.5 Å². The molecule has 3 aromatic heterocycles. The van der Waals surface area contributed by atoms with Crippen LogP contribution in [-0.2, 0) is 6.42 Å². The fraction of sp³-hybridized carbons (Fsp3) is 0.250. The van der Waals surface area contributed by atoms with Gasteiger partial charge in [0.05, 0.1) is 0 Å². The summed E-state index contributed by atoms with van der Waals surface area (Å²) in [7, 11) is 0. The number of unbranched alkanes of at least 4 members (excludes halogenated alkanes) is 1. The summed E-state index contributed by atoms with van der Waals surface area (Å²) in [6.07, 6.45) is 5.28. The van der Waals surface area contributed by atoms with Crippen LogP contribution in [0.5, 0.6) is 0 Å². The second kappa shape index (κ2) is 4.34. The van der Waals surface area contributed by atoms with Gasteiger partial charge in [-0.25, -0.2) is 9.97 Å². The van der Waals surface area contributed by atoms with Crippen molar-refractivity contribution in [1.82, 2.24) is 19.4 Å². The molecule has 0 aliphatic rings. The molecule has 0 amide bonds. The molecule has 4 rings (SSSR count). The van der Waals surface area contributed by atoms with Gasteiger partial charge in [-0.3, -0.25) is 4.40 Å². The van der Waals surface area contributed by atoms with Crippen molar-refractivity contribution in [3.63, 3.8) is 0 Å². The van der Waals surface area contributed by atoms with Gasteiger partial charge in [0.25, 0.3) is 0 Å². The van der Waals surface area contributed by atoms with E-state index in [1.54, 1.807) is 0 Å². The van der Waals surface area contributed by atoms with E-state index in [0.717, 1.165) is 34.3 Å². The summed E-state index contributed by atoms with van der Waals surface area (Å²) >= 11 is 0. The second-order valence-electron chi connectivity index (χ2n) is 5.15. The summed E-state index contributed by atoms with van der Waals surface area (Å²) in [5.74, 6) is 0.783. The maximum atomic E-state index is 4.69. The zero-order chi connectivity index (χ0) is 13.5. The minimum Gasteiger partial charge on any atom is -0.339 e. The molecule has 0 radical (unpaired) electrons. The van der Waals surface area contributed by atoms with Gasteiger partial charge < -0.3 is 4.98 Å². The fourth-order valence-electron chi connectivity index (χ4n) is 2.81. The molecule has 4 nitrogen and oxygen atoms in total. The number of hydrogen-bond acceptors (Lipinski definition) is 2. The van der Waals surface area contributed by atoms with E-state index >= 15 is 0 Å². The van der Waals surface area contributed by atoms with Crippen LogP contribution in [0.25, 0.3) is 27.8 Å². The molecule has 0 bridgehead atoms. The van der Waals surface area contributed by atoms with Gasteiger partial charge in [0.15, 0.2) is 0 Å². The van der Waals surface area contributed by atoms with Gasteiger partial charge in [0.1, 0.15) is 11.2 Å². The van der Waals surface area contributed by atoms with Crippen molar-refractivity contribution in [2.24, 2.45) is 0 Å². The highest BCUT2D eigenvalue weighted by Crippen LogP contribution is 2.26. The first-order valence-corrected chi connectivity index (χ1v) is 7.11. The first-order chi connectivity index (χ1) is 9.88. The summed E-state index contributed by atoms with van der Waals surface area (Å²) in [6.45, 7) is 2.21. The Balaban J connectivity index is 2.08. The number of hydrogen-bond donors (Lipinski definition) is 1. The van der Waals surface area contributed by atoms with Gasteiger partial charge in [-0.1, -0.05) is 31.5 Å². The Kier molecular flexibility index (Phi) is 2.49. The van der Waals surface area contributed by atoms with Crippen LogP contribution in [0.15, 0.2) is 36.5 Å². The lowest BCUT2D eigenvalue weighted by molar-refractivity contribution is 0.766. The van der Waals surface area contributed by atoms with Crippen LogP contribution in [0.1, 0.15) is 25.5 Å². The molecule has 1 aromatic carbocycles. The molecule has 100 valence electrons. The van der Waals surface area contributed by atoms with Crippen molar-refractivity contribution in [2.75, 3.05) is 0 Å². The monoisotopic (exact) mass is 264 g/mol. The number of imidazole rings is 1. The van der Waals surface area contributed by atoms with Crippen LogP contribution in [0, 0.1) is 0 Å². The molecule has 3 heterocycles. The first-order valence-electron chi connectivity index (χ1n) is 7.11. The van der Waals surface area contributed by atoms with Crippen LogP contribution in [0.4, 0.5) is 0 Å². The van der Waals surface area contributed by atoms with Crippen molar-refractivity contribution >= 4 is 27.8 Å². The molecule has 0 saturated carbocycles. The summed E-state index contributed by atoms with van der Waals surface area (Å²) in [5, 5.41) is 1.16. The van der Waals surface area contributed by atoms with E-state index in [9.17, 15) is 0 Å². The predicted octanol–water partition coefficient (Wildman–Crippen LogP) is 3.71. The minimum absolute atomic E-state index is 0.783. The Morgan fingerprint density at radius 2 is 2.10 bits per heavy atom. The average Bonchev–Trinajstić information content (AvgIpc) is 3.01. The molecular formula is C16H16N4. The number of para-hydroxylation sites is 1. The van der Waals surface area contributed by atoms with E-state index < -0.39 is 0 Å². The SMILES string of the molecule is CCCCc1ccnc2nc3c4ccccc4[nH]c3n12. The summed E-state index contributed by atoms with van der Waals surface area (Å²) in [5.41, 5.74) is 4.47. The number of nitrogens with zero attached hydrogens (tertiary/aromatic N) is 3. The lowest BCUT2D eigenvalue weighted by Gasteiger charge is -2.03. The Morgan fingerprint density at radius 3 is 3.00 bits per heavy atom. The number of nitrogens with one attached hydrogen (secondary N) is 1. The predicted molar refractivity (Wildman–Crippen MR) is 81.0 cm³/mol. The molecule has 20 heavy (non-hydrogen) atoms. The standard InChI is InChI=1S/C16H16N4/c1-2-3-6-11-9-10-17-16-19-14-12-7-4-5-8-13(12)18-15(14)20(11)16/h4-5,7-10,18H,2-3,6H2,1H3. The minimum atomic E-state index is 0.783. The third-order valence-electron chi connectivity index (χ3n) is 3.83. The second-order valence-corrected chi connectivity index (χ2v) is 5.15. The number of benzene rings is 1. The topological polar surface area (TPSA) is 46.0 Å². The van der Waals surface area contributed by atoms with Gasteiger partial charge in [-0.2, -0.15) is 0 Å². The van der Waals surface area contributed by atoms with Crippen molar-refractivity contribution in [1.29, 1.82) is 0 Å². The van der Waals surface area contributed by atoms with E-state index in [0.29, 0.717) is 0 Å². The van der Waals surface area contributed by atoms with Gasteiger partial charge in [-0.15, -0.1) is 0 Å². The quantitative estimate of drug-likeness (QED) is 0.613. The third-order valence-corrected chi connectivity index (χ3v) is 3.83. The number of aromatic amines is 1. The van der Waals surface area contributed by atoms with Gasteiger partial charge in [0.2, 0.25) is 5.78 Å². The molecule has 4 heteroatoms. The number of aryl methyl sites for hydroxylation is 1. The zero-order valence-electron chi connectivity index (χ0n) is 11.4. The molecule has 0 aliphatic carbocycles. The van der Waals surface area contributed by atoms with Crippen LogP contribution < -0.4 is 0 Å². The summed E-state index contributed by atoms with van der Waals surface area (Å²) in [6, 6.07) is 10.4. The lowest BCUT2D eigenvalue weighted by atomic mass is 10.2. The number of aromatic nitrogens is 4. The summed E-state index contributed by atoms with van der Waals surface area (Å²) in [4.78, 5) is 12.6. The van der Waals surface area contributed by atoms with Gasteiger partial charge >= 0.3 is 0 Å². The Bertz CT molecular complexity index is 901. The highest BCUT2D eigenvalue weighted by atomic mass is 15.1. The Hall–Kier alpha value is -2.36. The highest BCUT2D eigenvalue weighted by Gasteiger charge is 2.13. The number of H-pyrrole nitrogens is 1. The maximum absolute atomic E-state index is 4.69. The molecule has 0 unspecified atom stereocenters. The van der Waals surface area contributed by atoms with Gasteiger partial charge in [0, 0.05) is 22.8 Å². The van der Waals surface area contributed by atoms with E-state index in [1.165, 1.54) is 18.5 Å². The third kappa shape index (κ3) is 1.54. The first kappa shape index (κ1) is 11.5.